The van der Waals surface area contributed by atoms with Crippen molar-refractivity contribution in [2.45, 2.75) is 27.2 Å². The highest BCUT2D eigenvalue weighted by atomic mass is 35.5. The van der Waals surface area contributed by atoms with Crippen LogP contribution >= 0.6 is 11.6 Å². The van der Waals surface area contributed by atoms with Gasteiger partial charge < -0.3 is 10.6 Å². The molecule has 2 aromatic carbocycles. The highest BCUT2D eigenvalue weighted by molar-refractivity contribution is 6.30. The number of hydrogen-bond acceptors (Lipinski definition) is 2. The summed E-state index contributed by atoms with van der Waals surface area (Å²) in [5.41, 5.74) is 4.19. The van der Waals surface area contributed by atoms with E-state index in [1.807, 2.05) is 39.0 Å². The van der Waals surface area contributed by atoms with Crippen molar-refractivity contribution in [3.63, 3.8) is 0 Å². The quantitative estimate of drug-likeness (QED) is 0.824. The van der Waals surface area contributed by atoms with Gasteiger partial charge in [0, 0.05) is 16.4 Å². The fourth-order valence-corrected chi connectivity index (χ4v) is 2.53. The van der Waals surface area contributed by atoms with E-state index in [0.717, 1.165) is 22.4 Å². The fourth-order valence-electron chi connectivity index (χ4n) is 2.30. The molecule has 0 spiro atoms. The standard InChI is InChI=1S/C18H19ClN2O2/c1-11-5-4-6-12(2)18(11)21-17(23)10-16(22)20-15-8-7-14(19)9-13(15)3/h4-9H,10H2,1-3H3,(H,20,22)(H,21,23). The lowest BCUT2D eigenvalue weighted by Gasteiger charge is -2.12. The first kappa shape index (κ1) is 17.0. The van der Waals surface area contributed by atoms with Gasteiger partial charge in [-0.05, 0) is 55.7 Å². The van der Waals surface area contributed by atoms with Gasteiger partial charge in [-0.2, -0.15) is 0 Å². The van der Waals surface area contributed by atoms with Crippen LogP contribution in [-0.2, 0) is 9.59 Å². The maximum Gasteiger partial charge on any atom is 0.233 e. The number of para-hydroxylation sites is 1. The molecule has 2 amide bonds. The summed E-state index contributed by atoms with van der Waals surface area (Å²) in [6.45, 7) is 5.68. The number of benzene rings is 2. The number of nitrogens with one attached hydrogen (secondary N) is 2. The van der Waals surface area contributed by atoms with E-state index in [1.54, 1.807) is 18.2 Å². The minimum atomic E-state index is -0.362. The molecule has 5 heteroatoms. The van der Waals surface area contributed by atoms with Crippen molar-refractivity contribution in [1.29, 1.82) is 0 Å². The zero-order valence-corrected chi connectivity index (χ0v) is 14.1. The summed E-state index contributed by atoms with van der Waals surface area (Å²) < 4.78 is 0. The average molecular weight is 331 g/mol. The molecule has 0 radical (unpaired) electrons. The number of carbonyl (C=O) groups is 2. The molecule has 0 heterocycles. The zero-order chi connectivity index (χ0) is 17.0. The van der Waals surface area contributed by atoms with Crippen LogP contribution in [0.25, 0.3) is 0 Å². The lowest BCUT2D eigenvalue weighted by atomic mass is 10.1. The predicted octanol–water partition coefficient (Wildman–Crippen LogP) is 4.23. The Kier molecular flexibility index (Phi) is 5.40. The van der Waals surface area contributed by atoms with Gasteiger partial charge in [0.2, 0.25) is 11.8 Å². The summed E-state index contributed by atoms with van der Waals surface area (Å²) >= 11 is 5.88. The van der Waals surface area contributed by atoms with Crippen LogP contribution in [0.4, 0.5) is 11.4 Å². The zero-order valence-electron chi connectivity index (χ0n) is 13.4. The summed E-state index contributed by atoms with van der Waals surface area (Å²) in [6.07, 6.45) is -0.240. The van der Waals surface area contributed by atoms with Crippen molar-refractivity contribution in [3.05, 3.63) is 58.1 Å². The molecule has 4 nitrogen and oxygen atoms in total. The number of rotatable bonds is 4. The number of amides is 2. The third kappa shape index (κ3) is 4.57. The first-order valence-corrected chi connectivity index (χ1v) is 7.66. The van der Waals surface area contributed by atoms with Gasteiger partial charge in [0.1, 0.15) is 6.42 Å². The fraction of sp³-hybridized carbons (Fsp3) is 0.222. The molecular weight excluding hydrogens is 312 g/mol. The number of carbonyl (C=O) groups excluding carboxylic acids is 2. The Morgan fingerprint density at radius 1 is 0.913 bits per heavy atom. The molecule has 0 aromatic heterocycles. The van der Waals surface area contributed by atoms with E-state index in [1.165, 1.54) is 0 Å². The van der Waals surface area contributed by atoms with E-state index in [4.69, 9.17) is 11.6 Å². The number of hydrogen-bond donors (Lipinski definition) is 2. The molecule has 0 fully saturated rings. The van der Waals surface area contributed by atoms with Gasteiger partial charge in [0.15, 0.2) is 0 Å². The van der Waals surface area contributed by atoms with Crippen molar-refractivity contribution in [2.75, 3.05) is 10.6 Å². The average Bonchev–Trinajstić information content (AvgIpc) is 2.46. The lowest BCUT2D eigenvalue weighted by molar-refractivity contribution is -0.123. The van der Waals surface area contributed by atoms with E-state index < -0.39 is 0 Å². The van der Waals surface area contributed by atoms with E-state index in [2.05, 4.69) is 10.6 Å². The molecule has 0 atom stereocenters. The molecular formula is C18H19ClN2O2. The van der Waals surface area contributed by atoms with Crippen molar-refractivity contribution < 1.29 is 9.59 Å². The number of halogens is 1. The predicted molar refractivity (Wildman–Crippen MR) is 94.0 cm³/mol. The number of aryl methyl sites for hydroxylation is 3. The summed E-state index contributed by atoms with van der Waals surface area (Å²) in [4.78, 5) is 24.1. The van der Waals surface area contributed by atoms with Crippen LogP contribution in [0.3, 0.4) is 0 Å². The Labute approximate surface area is 140 Å². The minimum absolute atomic E-state index is 0.240. The van der Waals surface area contributed by atoms with Crippen LogP contribution in [0, 0.1) is 20.8 Å². The van der Waals surface area contributed by atoms with Crippen molar-refractivity contribution in [2.24, 2.45) is 0 Å². The molecule has 2 aromatic rings. The highest BCUT2D eigenvalue weighted by Gasteiger charge is 2.13. The lowest BCUT2D eigenvalue weighted by Crippen LogP contribution is -2.22. The first-order chi connectivity index (χ1) is 10.9. The Morgan fingerprint density at radius 2 is 1.52 bits per heavy atom. The van der Waals surface area contributed by atoms with Crippen LogP contribution in [0.15, 0.2) is 36.4 Å². The van der Waals surface area contributed by atoms with Gasteiger partial charge in [-0.1, -0.05) is 29.8 Å². The summed E-state index contributed by atoms with van der Waals surface area (Å²) in [5.74, 6) is -0.703. The molecule has 120 valence electrons. The molecule has 0 aliphatic heterocycles. The topological polar surface area (TPSA) is 58.2 Å². The Balaban J connectivity index is 1.99. The molecule has 2 N–H and O–H groups in total. The summed E-state index contributed by atoms with van der Waals surface area (Å²) in [5, 5.41) is 6.13. The second-order valence-corrected chi connectivity index (χ2v) is 5.94. The first-order valence-electron chi connectivity index (χ1n) is 7.29. The van der Waals surface area contributed by atoms with Crippen LogP contribution < -0.4 is 10.6 Å². The van der Waals surface area contributed by atoms with Crippen molar-refractivity contribution in [3.8, 4) is 0 Å². The molecule has 0 aliphatic rings. The molecule has 0 unspecified atom stereocenters. The highest BCUT2D eigenvalue weighted by Crippen LogP contribution is 2.21. The van der Waals surface area contributed by atoms with Gasteiger partial charge in [-0.3, -0.25) is 9.59 Å². The number of anilines is 2. The minimum Gasteiger partial charge on any atom is -0.325 e. The molecule has 0 saturated heterocycles. The van der Waals surface area contributed by atoms with Crippen LogP contribution in [-0.4, -0.2) is 11.8 Å². The monoisotopic (exact) mass is 330 g/mol. The van der Waals surface area contributed by atoms with Crippen molar-refractivity contribution in [1.82, 2.24) is 0 Å². The molecule has 2 rings (SSSR count). The molecule has 0 saturated carbocycles. The maximum atomic E-state index is 12.1. The van der Waals surface area contributed by atoms with Crippen LogP contribution in [0.1, 0.15) is 23.1 Å². The van der Waals surface area contributed by atoms with Crippen molar-refractivity contribution >= 4 is 34.8 Å². The largest absolute Gasteiger partial charge is 0.325 e. The van der Waals surface area contributed by atoms with E-state index >= 15 is 0 Å². The smallest absolute Gasteiger partial charge is 0.233 e. The third-order valence-corrected chi connectivity index (χ3v) is 3.76. The third-order valence-electron chi connectivity index (χ3n) is 3.53. The van der Waals surface area contributed by atoms with Crippen LogP contribution in [0.2, 0.25) is 5.02 Å². The molecule has 23 heavy (non-hydrogen) atoms. The van der Waals surface area contributed by atoms with E-state index in [0.29, 0.717) is 10.7 Å². The second-order valence-electron chi connectivity index (χ2n) is 5.50. The van der Waals surface area contributed by atoms with Gasteiger partial charge >= 0.3 is 0 Å². The van der Waals surface area contributed by atoms with Gasteiger partial charge in [-0.25, -0.2) is 0 Å². The summed E-state index contributed by atoms with van der Waals surface area (Å²) in [7, 11) is 0. The van der Waals surface area contributed by atoms with Gasteiger partial charge in [-0.15, -0.1) is 0 Å². The maximum absolute atomic E-state index is 12.1. The molecule has 0 bridgehead atoms. The Hall–Kier alpha value is -2.33. The van der Waals surface area contributed by atoms with E-state index in [9.17, 15) is 9.59 Å². The Morgan fingerprint density at radius 3 is 2.13 bits per heavy atom. The Bertz CT molecular complexity index is 736. The van der Waals surface area contributed by atoms with Gasteiger partial charge in [0.25, 0.3) is 0 Å². The molecule has 0 aliphatic carbocycles. The van der Waals surface area contributed by atoms with Gasteiger partial charge in [0.05, 0.1) is 0 Å². The normalized spacial score (nSPS) is 10.3. The second kappa shape index (κ2) is 7.29. The SMILES string of the molecule is Cc1cc(Cl)ccc1NC(=O)CC(=O)Nc1c(C)cccc1C. The summed E-state index contributed by atoms with van der Waals surface area (Å²) in [6, 6.07) is 10.9. The van der Waals surface area contributed by atoms with Crippen LogP contribution in [0.5, 0.6) is 0 Å². The van der Waals surface area contributed by atoms with E-state index in [-0.39, 0.29) is 18.2 Å².